The minimum atomic E-state index is 0.312. The van der Waals surface area contributed by atoms with Gasteiger partial charge in [-0.15, -0.1) is 0 Å². The molecule has 1 heterocycles. The summed E-state index contributed by atoms with van der Waals surface area (Å²) in [6.45, 7) is 12.8. The third-order valence-corrected chi connectivity index (χ3v) is 3.49. The maximum Gasteiger partial charge on any atom is 0.0303 e. The van der Waals surface area contributed by atoms with Crippen LogP contribution in [0.1, 0.15) is 40.5 Å². The second-order valence-corrected chi connectivity index (χ2v) is 4.63. The fourth-order valence-electron chi connectivity index (χ4n) is 2.12. The van der Waals surface area contributed by atoms with Crippen LogP contribution in [0, 0.1) is 0 Å². The summed E-state index contributed by atoms with van der Waals surface area (Å²) in [5.41, 5.74) is 0.312. The Morgan fingerprint density at radius 2 is 1.85 bits per heavy atom. The van der Waals surface area contributed by atoms with Crippen LogP contribution in [-0.4, -0.2) is 36.1 Å². The molecule has 78 valence electrons. The standard InChI is InChI=1S/C11H24N2/c1-5-12-10(2)11(3,4)13-8-6-7-9-13/h10,12H,5-9H2,1-4H3. The van der Waals surface area contributed by atoms with Gasteiger partial charge in [-0.3, -0.25) is 4.90 Å². The maximum atomic E-state index is 3.52. The Bertz CT molecular complexity index is 148. The van der Waals surface area contributed by atoms with Crippen LogP contribution in [0.2, 0.25) is 0 Å². The summed E-state index contributed by atoms with van der Waals surface area (Å²) in [7, 11) is 0. The molecule has 0 aromatic rings. The molecule has 13 heavy (non-hydrogen) atoms. The Labute approximate surface area is 82.7 Å². The minimum absolute atomic E-state index is 0.312. The number of rotatable bonds is 4. The molecule has 0 spiro atoms. The largest absolute Gasteiger partial charge is 0.313 e. The van der Waals surface area contributed by atoms with Crippen LogP contribution in [-0.2, 0) is 0 Å². The Morgan fingerprint density at radius 1 is 1.31 bits per heavy atom. The Kier molecular flexibility index (Phi) is 3.74. The van der Waals surface area contributed by atoms with E-state index in [1.165, 1.54) is 25.9 Å². The third kappa shape index (κ3) is 2.44. The average Bonchev–Trinajstić information content (AvgIpc) is 2.56. The first-order chi connectivity index (χ1) is 6.09. The van der Waals surface area contributed by atoms with E-state index in [0.29, 0.717) is 11.6 Å². The molecule has 1 fully saturated rings. The second-order valence-electron chi connectivity index (χ2n) is 4.63. The van der Waals surface area contributed by atoms with Crippen molar-refractivity contribution in [3.05, 3.63) is 0 Å². The van der Waals surface area contributed by atoms with Crippen molar-refractivity contribution in [3.8, 4) is 0 Å². The predicted molar refractivity (Wildman–Crippen MR) is 58.0 cm³/mol. The van der Waals surface area contributed by atoms with Gasteiger partial charge in [0.15, 0.2) is 0 Å². The molecule has 0 bridgehead atoms. The van der Waals surface area contributed by atoms with E-state index in [-0.39, 0.29) is 0 Å². The summed E-state index contributed by atoms with van der Waals surface area (Å²) in [5.74, 6) is 0. The van der Waals surface area contributed by atoms with E-state index in [9.17, 15) is 0 Å². The highest BCUT2D eigenvalue weighted by Crippen LogP contribution is 2.23. The number of likely N-dealkylation sites (tertiary alicyclic amines) is 1. The van der Waals surface area contributed by atoms with E-state index in [1.54, 1.807) is 0 Å². The summed E-state index contributed by atoms with van der Waals surface area (Å²) in [6.07, 6.45) is 2.75. The second kappa shape index (κ2) is 4.43. The SMILES string of the molecule is CCNC(C)C(C)(C)N1CCCC1. The number of likely N-dealkylation sites (N-methyl/N-ethyl adjacent to an activating group) is 1. The molecule has 0 aliphatic carbocycles. The van der Waals surface area contributed by atoms with Gasteiger partial charge in [0.2, 0.25) is 0 Å². The van der Waals surface area contributed by atoms with Crippen molar-refractivity contribution in [2.24, 2.45) is 0 Å². The highest BCUT2D eigenvalue weighted by Gasteiger charge is 2.33. The van der Waals surface area contributed by atoms with Gasteiger partial charge in [-0.1, -0.05) is 6.92 Å². The van der Waals surface area contributed by atoms with Crippen molar-refractivity contribution in [1.82, 2.24) is 10.2 Å². The summed E-state index contributed by atoms with van der Waals surface area (Å²) < 4.78 is 0. The predicted octanol–water partition coefficient (Wildman–Crippen LogP) is 1.86. The highest BCUT2D eigenvalue weighted by atomic mass is 15.2. The molecule has 0 aromatic heterocycles. The van der Waals surface area contributed by atoms with E-state index in [1.807, 2.05) is 0 Å². The van der Waals surface area contributed by atoms with Crippen molar-refractivity contribution in [2.75, 3.05) is 19.6 Å². The Balaban J connectivity index is 2.51. The minimum Gasteiger partial charge on any atom is -0.313 e. The summed E-state index contributed by atoms with van der Waals surface area (Å²) >= 11 is 0. The molecular formula is C11H24N2. The van der Waals surface area contributed by atoms with Gasteiger partial charge >= 0.3 is 0 Å². The van der Waals surface area contributed by atoms with Gasteiger partial charge in [0, 0.05) is 11.6 Å². The van der Waals surface area contributed by atoms with Crippen LogP contribution in [0.4, 0.5) is 0 Å². The molecular weight excluding hydrogens is 160 g/mol. The van der Waals surface area contributed by atoms with Gasteiger partial charge in [0.05, 0.1) is 0 Å². The first-order valence-corrected chi connectivity index (χ1v) is 5.57. The first kappa shape index (κ1) is 11.0. The fraction of sp³-hybridized carbons (Fsp3) is 1.00. The molecule has 0 amide bonds. The Morgan fingerprint density at radius 3 is 2.31 bits per heavy atom. The van der Waals surface area contributed by atoms with Crippen molar-refractivity contribution in [1.29, 1.82) is 0 Å². The molecule has 1 unspecified atom stereocenters. The molecule has 0 saturated carbocycles. The lowest BCUT2D eigenvalue weighted by molar-refractivity contribution is 0.115. The molecule has 2 nitrogen and oxygen atoms in total. The maximum absolute atomic E-state index is 3.52. The summed E-state index contributed by atoms with van der Waals surface area (Å²) in [5, 5.41) is 3.52. The molecule has 1 aliphatic heterocycles. The van der Waals surface area contributed by atoms with E-state index in [2.05, 4.69) is 37.9 Å². The average molecular weight is 184 g/mol. The van der Waals surface area contributed by atoms with Crippen LogP contribution in [0.5, 0.6) is 0 Å². The zero-order valence-electron chi connectivity index (χ0n) is 9.56. The van der Waals surface area contributed by atoms with Gasteiger partial charge in [-0.2, -0.15) is 0 Å². The summed E-state index contributed by atoms with van der Waals surface area (Å²) in [6, 6.07) is 0.579. The number of nitrogens with zero attached hydrogens (tertiary/aromatic N) is 1. The zero-order valence-corrected chi connectivity index (χ0v) is 9.56. The number of hydrogen-bond donors (Lipinski definition) is 1. The van der Waals surface area contributed by atoms with Crippen molar-refractivity contribution in [3.63, 3.8) is 0 Å². The molecule has 1 N–H and O–H groups in total. The molecule has 1 saturated heterocycles. The molecule has 2 heteroatoms. The zero-order chi connectivity index (χ0) is 9.90. The molecule has 1 rings (SSSR count). The lowest BCUT2D eigenvalue weighted by Crippen LogP contribution is -2.55. The van der Waals surface area contributed by atoms with Gasteiger partial charge < -0.3 is 5.32 Å². The lowest BCUT2D eigenvalue weighted by atomic mass is 9.94. The van der Waals surface area contributed by atoms with E-state index in [4.69, 9.17) is 0 Å². The van der Waals surface area contributed by atoms with Crippen molar-refractivity contribution >= 4 is 0 Å². The monoisotopic (exact) mass is 184 g/mol. The van der Waals surface area contributed by atoms with Gasteiger partial charge in [-0.05, 0) is 53.2 Å². The quantitative estimate of drug-likeness (QED) is 0.717. The molecule has 1 atom stereocenters. The van der Waals surface area contributed by atoms with Crippen LogP contribution in [0.15, 0.2) is 0 Å². The van der Waals surface area contributed by atoms with Crippen LogP contribution < -0.4 is 5.32 Å². The van der Waals surface area contributed by atoms with E-state index < -0.39 is 0 Å². The molecule has 0 radical (unpaired) electrons. The van der Waals surface area contributed by atoms with Gasteiger partial charge in [-0.25, -0.2) is 0 Å². The first-order valence-electron chi connectivity index (χ1n) is 5.57. The number of nitrogens with one attached hydrogen (secondary N) is 1. The normalized spacial score (nSPS) is 22.2. The smallest absolute Gasteiger partial charge is 0.0303 e. The van der Waals surface area contributed by atoms with E-state index in [0.717, 1.165) is 6.54 Å². The molecule has 1 aliphatic rings. The summed E-state index contributed by atoms with van der Waals surface area (Å²) in [4.78, 5) is 2.61. The van der Waals surface area contributed by atoms with Crippen LogP contribution in [0.25, 0.3) is 0 Å². The molecule has 0 aromatic carbocycles. The fourth-order valence-corrected chi connectivity index (χ4v) is 2.12. The van der Waals surface area contributed by atoms with E-state index >= 15 is 0 Å². The van der Waals surface area contributed by atoms with Gasteiger partial charge in [0.25, 0.3) is 0 Å². The van der Waals surface area contributed by atoms with Crippen LogP contribution in [0.3, 0.4) is 0 Å². The van der Waals surface area contributed by atoms with Crippen molar-refractivity contribution < 1.29 is 0 Å². The number of hydrogen-bond acceptors (Lipinski definition) is 2. The third-order valence-electron chi connectivity index (χ3n) is 3.49. The lowest BCUT2D eigenvalue weighted by Gasteiger charge is -2.40. The Hall–Kier alpha value is -0.0800. The topological polar surface area (TPSA) is 15.3 Å². The van der Waals surface area contributed by atoms with Crippen molar-refractivity contribution in [2.45, 2.75) is 52.1 Å². The van der Waals surface area contributed by atoms with Gasteiger partial charge in [0.1, 0.15) is 0 Å². The highest BCUT2D eigenvalue weighted by molar-refractivity contribution is 4.92. The van der Waals surface area contributed by atoms with Crippen LogP contribution >= 0.6 is 0 Å².